The summed E-state index contributed by atoms with van der Waals surface area (Å²) >= 11 is 6.44. The van der Waals surface area contributed by atoms with Crippen molar-refractivity contribution in [2.24, 2.45) is 0 Å². The minimum Gasteiger partial charge on any atom is -0.208 e. The van der Waals surface area contributed by atoms with Gasteiger partial charge in [0.1, 0.15) is 0 Å². The Balaban J connectivity index is 2.19. The molecule has 1 aromatic carbocycles. The van der Waals surface area contributed by atoms with Crippen molar-refractivity contribution in [3.63, 3.8) is 0 Å². The lowest BCUT2D eigenvalue weighted by atomic mass is 10.2. The molecule has 74 valence electrons. The predicted molar refractivity (Wildman–Crippen MR) is 68.4 cm³/mol. The fourth-order valence-corrected chi connectivity index (χ4v) is 3.57. The van der Waals surface area contributed by atoms with E-state index in [4.69, 9.17) is 0 Å². The molecule has 2 aromatic heterocycles. The number of rotatable bonds is 1. The summed E-state index contributed by atoms with van der Waals surface area (Å²) < 4.78 is 6.07. The van der Waals surface area contributed by atoms with E-state index in [9.17, 15) is 0 Å². The highest BCUT2D eigenvalue weighted by Gasteiger charge is 2.08. The zero-order valence-corrected chi connectivity index (χ0v) is 10.7. The van der Waals surface area contributed by atoms with Crippen LogP contribution in [-0.2, 0) is 0 Å². The Morgan fingerprint density at radius 1 is 1.20 bits per heavy atom. The largest absolute Gasteiger partial charge is 0.209 e. The quantitative estimate of drug-likeness (QED) is 0.673. The van der Waals surface area contributed by atoms with Crippen LogP contribution in [0, 0.1) is 0 Å². The Kier molecular flexibility index (Phi) is 2.31. The van der Waals surface area contributed by atoms with Gasteiger partial charge in [-0.3, -0.25) is 0 Å². The highest BCUT2D eigenvalue weighted by Crippen LogP contribution is 2.34. The number of nitrogens with zero attached hydrogens (tertiary/aromatic N) is 2. The number of benzene rings is 1. The second kappa shape index (κ2) is 3.66. The van der Waals surface area contributed by atoms with Crippen molar-refractivity contribution in [2.45, 2.75) is 0 Å². The van der Waals surface area contributed by atoms with Gasteiger partial charge in [0.05, 0.1) is 4.88 Å². The Bertz CT molecular complexity index is 581. The summed E-state index contributed by atoms with van der Waals surface area (Å²) in [7, 11) is 0. The Hall–Kier alpha value is -0.780. The van der Waals surface area contributed by atoms with Gasteiger partial charge in [-0.05, 0) is 45.0 Å². The maximum Gasteiger partial charge on any atom is 0.209 e. The first kappa shape index (κ1) is 9.45. The first-order valence-electron chi connectivity index (χ1n) is 4.31. The SMILES string of the molecule is Brc1nsc(-c2cc3ccccc3s2)n1. The van der Waals surface area contributed by atoms with Crippen molar-refractivity contribution < 1.29 is 0 Å². The zero-order valence-electron chi connectivity index (χ0n) is 7.48. The molecule has 0 aliphatic rings. The molecule has 0 bridgehead atoms. The smallest absolute Gasteiger partial charge is 0.208 e. The molecule has 3 aromatic rings. The molecule has 0 fully saturated rings. The van der Waals surface area contributed by atoms with E-state index in [-0.39, 0.29) is 0 Å². The molecular weight excluding hydrogens is 292 g/mol. The summed E-state index contributed by atoms with van der Waals surface area (Å²) in [6, 6.07) is 10.5. The van der Waals surface area contributed by atoms with Crippen LogP contribution in [0.4, 0.5) is 0 Å². The van der Waals surface area contributed by atoms with Gasteiger partial charge in [-0.2, -0.15) is 4.37 Å². The highest BCUT2D eigenvalue weighted by molar-refractivity contribution is 9.10. The maximum absolute atomic E-state index is 4.31. The van der Waals surface area contributed by atoms with Gasteiger partial charge in [0, 0.05) is 4.70 Å². The van der Waals surface area contributed by atoms with Gasteiger partial charge < -0.3 is 0 Å². The highest BCUT2D eigenvalue weighted by atomic mass is 79.9. The van der Waals surface area contributed by atoms with Gasteiger partial charge in [0.2, 0.25) is 4.73 Å². The number of fused-ring (bicyclic) bond motifs is 1. The van der Waals surface area contributed by atoms with E-state index in [1.54, 1.807) is 11.3 Å². The molecular formula is C10H5BrN2S2. The summed E-state index contributed by atoms with van der Waals surface area (Å²) in [6.45, 7) is 0. The fourth-order valence-electron chi connectivity index (χ4n) is 1.39. The number of thiophene rings is 1. The van der Waals surface area contributed by atoms with Crippen molar-refractivity contribution >= 4 is 48.9 Å². The standard InChI is InChI=1S/C10H5BrN2S2/c11-10-12-9(15-13-10)8-5-6-3-1-2-4-7(6)14-8/h1-5H. The molecule has 2 heterocycles. The van der Waals surface area contributed by atoms with Crippen molar-refractivity contribution in [3.8, 4) is 9.88 Å². The molecule has 0 aliphatic carbocycles. The number of hydrogen-bond acceptors (Lipinski definition) is 4. The molecule has 0 saturated carbocycles. The van der Waals surface area contributed by atoms with Gasteiger partial charge in [-0.1, -0.05) is 18.2 Å². The van der Waals surface area contributed by atoms with E-state index in [0.717, 1.165) is 5.01 Å². The van der Waals surface area contributed by atoms with Crippen LogP contribution >= 0.6 is 38.8 Å². The summed E-state index contributed by atoms with van der Waals surface area (Å²) in [5.74, 6) is 0. The van der Waals surface area contributed by atoms with Crippen molar-refractivity contribution in [2.75, 3.05) is 0 Å². The van der Waals surface area contributed by atoms with Crippen LogP contribution in [0.3, 0.4) is 0 Å². The van der Waals surface area contributed by atoms with E-state index < -0.39 is 0 Å². The topological polar surface area (TPSA) is 25.8 Å². The molecule has 0 amide bonds. The lowest BCUT2D eigenvalue weighted by Crippen LogP contribution is -1.67. The molecule has 5 heteroatoms. The number of hydrogen-bond donors (Lipinski definition) is 0. The molecule has 0 spiro atoms. The van der Waals surface area contributed by atoms with Gasteiger partial charge in [0.15, 0.2) is 5.01 Å². The predicted octanol–water partition coefficient (Wildman–Crippen LogP) is 4.18. The molecule has 2 nitrogen and oxygen atoms in total. The van der Waals surface area contributed by atoms with E-state index in [0.29, 0.717) is 4.73 Å². The second-order valence-electron chi connectivity index (χ2n) is 3.02. The minimum atomic E-state index is 0.667. The van der Waals surface area contributed by atoms with Crippen LogP contribution in [0.15, 0.2) is 35.1 Å². The zero-order chi connectivity index (χ0) is 10.3. The number of halogens is 1. The fraction of sp³-hybridized carbons (Fsp3) is 0. The average molecular weight is 297 g/mol. The average Bonchev–Trinajstić information content (AvgIpc) is 2.82. The number of aromatic nitrogens is 2. The third kappa shape index (κ3) is 1.71. The monoisotopic (exact) mass is 296 g/mol. The van der Waals surface area contributed by atoms with Crippen LogP contribution in [0.1, 0.15) is 0 Å². The molecule has 0 radical (unpaired) electrons. The normalized spacial score (nSPS) is 11.0. The molecule has 0 atom stereocenters. The van der Waals surface area contributed by atoms with Crippen molar-refractivity contribution in [1.82, 2.24) is 9.36 Å². The molecule has 0 saturated heterocycles. The Labute approximate surface area is 103 Å². The van der Waals surface area contributed by atoms with E-state index in [2.05, 4.69) is 55.6 Å². The minimum absolute atomic E-state index is 0.667. The van der Waals surface area contributed by atoms with Crippen LogP contribution in [-0.4, -0.2) is 9.36 Å². The maximum atomic E-state index is 4.31. The Morgan fingerprint density at radius 2 is 2.07 bits per heavy atom. The molecule has 15 heavy (non-hydrogen) atoms. The summed E-state index contributed by atoms with van der Waals surface area (Å²) in [4.78, 5) is 5.49. The second-order valence-corrected chi connectivity index (χ2v) is 5.56. The third-order valence-corrected chi connectivity index (χ3v) is 4.63. The van der Waals surface area contributed by atoms with E-state index >= 15 is 0 Å². The van der Waals surface area contributed by atoms with Crippen molar-refractivity contribution in [3.05, 3.63) is 35.1 Å². The van der Waals surface area contributed by atoms with Crippen LogP contribution in [0.5, 0.6) is 0 Å². The summed E-state index contributed by atoms with van der Waals surface area (Å²) in [5, 5.41) is 2.24. The first-order valence-corrected chi connectivity index (χ1v) is 6.69. The lowest BCUT2D eigenvalue weighted by Gasteiger charge is -1.83. The van der Waals surface area contributed by atoms with Crippen LogP contribution in [0.2, 0.25) is 0 Å². The molecule has 3 rings (SSSR count). The summed E-state index contributed by atoms with van der Waals surface area (Å²) in [5.41, 5.74) is 0. The molecule has 0 N–H and O–H groups in total. The van der Waals surface area contributed by atoms with E-state index in [1.807, 2.05) is 0 Å². The third-order valence-electron chi connectivity index (χ3n) is 2.04. The lowest BCUT2D eigenvalue weighted by molar-refractivity contribution is 1.26. The Morgan fingerprint density at radius 3 is 2.80 bits per heavy atom. The van der Waals surface area contributed by atoms with E-state index in [1.165, 1.54) is 26.5 Å². The van der Waals surface area contributed by atoms with Gasteiger partial charge >= 0.3 is 0 Å². The van der Waals surface area contributed by atoms with Crippen molar-refractivity contribution in [1.29, 1.82) is 0 Å². The molecule has 0 unspecified atom stereocenters. The van der Waals surface area contributed by atoms with Gasteiger partial charge in [0.25, 0.3) is 0 Å². The first-order chi connectivity index (χ1) is 7.33. The molecule has 0 aliphatic heterocycles. The van der Waals surface area contributed by atoms with Gasteiger partial charge in [-0.25, -0.2) is 4.98 Å². The van der Waals surface area contributed by atoms with Crippen LogP contribution in [0.25, 0.3) is 20.0 Å². The van der Waals surface area contributed by atoms with Gasteiger partial charge in [-0.15, -0.1) is 11.3 Å². The summed E-state index contributed by atoms with van der Waals surface area (Å²) in [6.07, 6.45) is 0. The van der Waals surface area contributed by atoms with Crippen LogP contribution < -0.4 is 0 Å².